The highest BCUT2D eigenvalue weighted by Crippen LogP contribution is 2.30. The molecule has 0 spiro atoms. The lowest BCUT2D eigenvalue weighted by molar-refractivity contribution is -0.154. The van der Waals surface area contributed by atoms with Gasteiger partial charge in [-0.3, -0.25) is 0 Å². The number of aliphatic hydroxyl groups excluding tert-OH is 3. The standard InChI is InChI=1S/C16H30O4/c1-11-3-2-4-14(9-11)20-16(19)8-6-12-5-7-13(17)10-15(12)18/h11-19H,2-10H2,1H3/t11-,12?,13?,14+,15-,16?/m1/s1. The Morgan fingerprint density at radius 2 is 1.90 bits per heavy atom. The van der Waals surface area contributed by atoms with Crippen LogP contribution in [-0.4, -0.2) is 39.9 Å². The Balaban J connectivity index is 1.65. The van der Waals surface area contributed by atoms with E-state index < -0.39 is 12.4 Å². The van der Waals surface area contributed by atoms with Gasteiger partial charge >= 0.3 is 0 Å². The van der Waals surface area contributed by atoms with Gasteiger partial charge in [-0.2, -0.15) is 0 Å². The van der Waals surface area contributed by atoms with Crippen LogP contribution in [0.15, 0.2) is 0 Å². The molecule has 0 aromatic carbocycles. The quantitative estimate of drug-likeness (QED) is 0.678. The summed E-state index contributed by atoms with van der Waals surface area (Å²) in [7, 11) is 0. The molecular weight excluding hydrogens is 256 g/mol. The van der Waals surface area contributed by atoms with Crippen LogP contribution in [0.1, 0.15) is 64.7 Å². The maximum Gasteiger partial charge on any atom is 0.154 e. The number of hydrogen-bond acceptors (Lipinski definition) is 4. The van der Waals surface area contributed by atoms with Crippen LogP contribution in [0.25, 0.3) is 0 Å². The number of hydrogen-bond donors (Lipinski definition) is 3. The van der Waals surface area contributed by atoms with Crippen molar-refractivity contribution in [1.82, 2.24) is 0 Å². The van der Waals surface area contributed by atoms with Crippen LogP contribution in [0.2, 0.25) is 0 Å². The summed E-state index contributed by atoms with van der Waals surface area (Å²) in [5, 5.41) is 29.4. The Kier molecular flexibility index (Phi) is 6.27. The van der Waals surface area contributed by atoms with Gasteiger partial charge in [-0.05, 0) is 56.8 Å². The van der Waals surface area contributed by atoms with E-state index in [1.807, 2.05) is 0 Å². The predicted octanol–water partition coefficient (Wildman–Crippen LogP) is 2.20. The highest BCUT2D eigenvalue weighted by Gasteiger charge is 2.29. The van der Waals surface area contributed by atoms with Crippen molar-refractivity contribution in [2.24, 2.45) is 11.8 Å². The van der Waals surface area contributed by atoms with Crippen molar-refractivity contribution in [3.63, 3.8) is 0 Å². The first-order valence-corrected chi connectivity index (χ1v) is 8.24. The highest BCUT2D eigenvalue weighted by molar-refractivity contribution is 4.79. The molecule has 0 radical (unpaired) electrons. The van der Waals surface area contributed by atoms with E-state index in [9.17, 15) is 15.3 Å². The smallest absolute Gasteiger partial charge is 0.154 e. The summed E-state index contributed by atoms with van der Waals surface area (Å²) in [6, 6.07) is 0. The third kappa shape index (κ3) is 4.99. The van der Waals surface area contributed by atoms with Crippen molar-refractivity contribution in [2.45, 2.75) is 89.3 Å². The molecule has 0 aromatic rings. The maximum atomic E-state index is 10.0. The van der Waals surface area contributed by atoms with Gasteiger partial charge in [-0.15, -0.1) is 0 Å². The highest BCUT2D eigenvalue weighted by atomic mass is 16.6. The fraction of sp³-hybridized carbons (Fsp3) is 1.00. The molecule has 2 fully saturated rings. The number of ether oxygens (including phenoxy) is 1. The minimum absolute atomic E-state index is 0.196. The van der Waals surface area contributed by atoms with E-state index in [4.69, 9.17) is 4.74 Å². The minimum atomic E-state index is -0.704. The van der Waals surface area contributed by atoms with Crippen molar-refractivity contribution in [3.05, 3.63) is 0 Å². The van der Waals surface area contributed by atoms with Crippen LogP contribution in [0, 0.1) is 11.8 Å². The van der Waals surface area contributed by atoms with Crippen molar-refractivity contribution in [3.8, 4) is 0 Å². The second kappa shape index (κ2) is 7.74. The zero-order valence-corrected chi connectivity index (χ0v) is 12.6. The lowest BCUT2D eigenvalue weighted by Gasteiger charge is -2.32. The molecule has 0 bridgehead atoms. The Labute approximate surface area is 122 Å². The van der Waals surface area contributed by atoms with E-state index >= 15 is 0 Å². The fourth-order valence-electron chi connectivity index (χ4n) is 3.67. The van der Waals surface area contributed by atoms with Crippen molar-refractivity contribution < 1.29 is 20.1 Å². The van der Waals surface area contributed by atoms with E-state index in [0.29, 0.717) is 18.8 Å². The fourth-order valence-corrected chi connectivity index (χ4v) is 3.67. The van der Waals surface area contributed by atoms with Gasteiger partial charge in [0.2, 0.25) is 0 Å². The number of aliphatic hydroxyl groups is 3. The first-order valence-electron chi connectivity index (χ1n) is 8.24. The van der Waals surface area contributed by atoms with E-state index in [-0.39, 0.29) is 18.1 Å². The molecule has 6 atom stereocenters. The second-order valence-electron chi connectivity index (χ2n) is 6.86. The van der Waals surface area contributed by atoms with Gasteiger partial charge in [0, 0.05) is 0 Å². The molecule has 0 saturated heterocycles. The van der Waals surface area contributed by atoms with Gasteiger partial charge < -0.3 is 20.1 Å². The first kappa shape index (κ1) is 16.2. The van der Waals surface area contributed by atoms with Crippen molar-refractivity contribution >= 4 is 0 Å². The van der Waals surface area contributed by atoms with Crippen molar-refractivity contribution in [2.75, 3.05) is 0 Å². The van der Waals surface area contributed by atoms with Crippen LogP contribution in [0.3, 0.4) is 0 Å². The summed E-state index contributed by atoms with van der Waals surface area (Å²) in [5.41, 5.74) is 0. The third-order valence-electron chi connectivity index (χ3n) is 4.95. The summed E-state index contributed by atoms with van der Waals surface area (Å²) in [5.74, 6) is 0.893. The molecular formula is C16H30O4. The van der Waals surface area contributed by atoms with Gasteiger partial charge in [0.1, 0.15) is 0 Å². The predicted molar refractivity (Wildman–Crippen MR) is 77.1 cm³/mol. The molecule has 0 heterocycles. The van der Waals surface area contributed by atoms with Crippen LogP contribution in [0.5, 0.6) is 0 Å². The molecule has 3 unspecified atom stereocenters. The Morgan fingerprint density at radius 1 is 1.10 bits per heavy atom. The molecule has 2 rings (SSSR count). The molecule has 2 saturated carbocycles. The maximum absolute atomic E-state index is 10.0. The molecule has 2 aliphatic carbocycles. The molecule has 3 N–H and O–H groups in total. The van der Waals surface area contributed by atoms with Gasteiger partial charge in [-0.25, -0.2) is 0 Å². The molecule has 4 nitrogen and oxygen atoms in total. The molecule has 20 heavy (non-hydrogen) atoms. The number of rotatable bonds is 5. The van der Waals surface area contributed by atoms with Gasteiger partial charge in [0.15, 0.2) is 6.29 Å². The van der Waals surface area contributed by atoms with Crippen LogP contribution in [-0.2, 0) is 4.74 Å². The van der Waals surface area contributed by atoms with Crippen LogP contribution >= 0.6 is 0 Å². The van der Waals surface area contributed by atoms with E-state index in [1.54, 1.807) is 0 Å². The topological polar surface area (TPSA) is 69.9 Å². The monoisotopic (exact) mass is 286 g/mol. The molecule has 0 aromatic heterocycles. The largest absolute Gasteiger partial charge is 0.393 e. The first-order chi connectivity index (χ1) is 9.54. The Morgan fingerprint density at radius 3 is 2.60 bits per heavy atom. The van der Waals surface area contributed by atoms with Crippen LogP contribution in [0.4, 0.5) is 0 Å². The molecule has 4 heteroatoms. The minimum Gasteiger partial charge on any atom is -0.393 e. The van der Waals surface area contributed by atoms with E-state index in [0.717, 1.165) is 32.1 Å². The normalized spacial score (nSPS) is 40.5. The van der Waals surface area contributed by atoms with Crippen LogP contribution < -0.4 is 0 Å². The zero-order chi connectivity index (χ0) is 14.5. The molecule has 2 aliphatic rings. The zero-order valence-electron chi connectivity index (χ0n) is 12.6. The van der Waals surface area contributed by atoms with Gasteiger partial charge in [0.05, 0.1) is 18.3 Å². The summed E-state index contributed by atoms with van der Waals surface area (Å²) in [6.45, 7) is 2.24. The Bertz CT molecular complexity index is 284. The molecule has 118 valence electrons. The van der Waals surface area contributed by atoms with E-state index in [2.05, 4.69) is 6.92 Å². The van der Waals surface area contributed by atoms with E-state index in [1.165, 1.54) is 12.8 Å². The lowest BCUT2D eigenvalue weighted by Crippen LogP contribution is -2.33. The van der Waals surface area contributed by atoms with Gasteiger partial charge in [0.25, 0.3) is 0 Å². The Hall–Kier alpha value is -0.160. The second-order valence-corrected chi connectivity index (χ2v) is 6.86. The summed E-state index contributed by atoms with van der Waals surface area (Å²) >= 11 is 0. The average molecular weight is 286 g/mol. The third-order valence-corrected chi connectivity index (χ3v) is 4.95. The SMILES string of the molecule is C[C@@H]1CCC[C@H](OC(O)CCC2CCC(O)C[C@H]2O)C1. The van der Waals surface area contributed by atoms with Crippen molar-refractivity contribution in [1.29, 1.82) is 0 Å². The summed E-state index contributed by atoms with van der Waals surface area (Å²) in [6.07, 6.45) is 6.72. The molecule has 0 amide bonds. The summed E-state index contributed by atoms with van der Waals surface area (Å²) < 4.78 is 5.73. The summed E-state index contributed by atoms with van der Waals surface area (Å²) in [4.78, 5) is 0. The molecule has 0 aliphatic heterocycles. The lowest BCUT2D eigenvalue weighted by atomic mass is 9.82. The average Bonchev–Trinajstić information content (AvgIpc) is 2.37. The van der Waals surface area contributed by atoms with Gasteiger partial charge in [-0.1, -0.05) is 19.8 Å².